The molecule has 0 bridgehead atoms. The first kappa shape index (κ1) is 16.7. The molecule has 1 aromatic heterocycles. The van der Waals surface area contributed by atoms with E-state index < -0.39 is 6.04 Å². The van der Waals surface area contributed by atoms with Crippen LogP contribution in [0.1, 0.15) is 26.3 Å². The summed E-state index contributed by atoms with van der Waals surface area (Å²) in [5.74, 6) is -0.346. The van der Waals surface area contributed by atoms with Gasteiger partial charge in [-0.15, -0.1) is 0 Å². The zero-order valence-corrected chi connectivity index (χ0v) is 13.2. The first-order chi connectivity index (χ1) is 11.0. The number of rotatable bonds is 6. The van der Waals surface area contributed by atoms with Gasteiger partial charge in [0.05, 0.1) is 0 Å². The van der Waals surface area contributed by atoms with Crippen molar-refractivity contribution in [2.24, 2.45) is 5.73 Å². The van der Waals surface area contributed by atoms with Crippen LogP contribution in [0.2, 0.25) is 0 Å². The highest BCUT2D eigenvalue weighted by Gasteiger charge is 2.15. The summed E-state index contributed by atoms with van der Waals surface area (Å²) in [5.41, 5.74) is 6.81. The van der Waals surface area contributed by atoms with E-state index >= 15 is 0 Å². The molecular formula is C16H21N5O2. The highest BCUT2D eigenvalue weighted by molar-refractivity contribution is 5.95. The number of nitrogens with two attached hydrogens (primary N) is 1. The van der Waals surface area contributed by atoms with Gasteiger partial charge >= 0.3 is 0 Å². The van der Waals surface area contributed by atoms with Crippen LogP contribution in [-0.4, -0.2) is 27.6 Å². The molecule has 0 aliphatic rings. The van der Waals surface area contributed by atoms with Crippen molar-refractivity contribution in [3.8, 4) is 0 Å². The second-order valence-electron chi connectivity index (χ2n) is 5.46. The molecule has 0 spiro atoms. The summed E-state index contributed by atoms with van der Waals surface area (Å²) in [4.78, 5) is 23.9. The molecule has 7 heteroatoms. The third-order valence-corrected chi connectivity index (χ3v) is 3.22. The Morgan fingerprint density at radius 3 is 2.52 bits per heavy atom. The van der Waals surface area contributed by atoms with Crippen LogP contribution in [0.25, 0.3) is 0 Å². The van der Waals surface area contributed by atoms with Crippen molar-refractivity contribution in [3.05, 3.63) is 42.7 Å². The molecule has 0 radical (unpaired) electrons. The van der Waals surface area contributed by atoms with Gasteiger partial charge in [0.1, 0.15) is 6.04 Å². The lowest BCUT2D eigenvalue weighted by Gasteiger charge is -2.13. The summed E-state index contributed by atoms with van der Waals surface area (Å²) in [6.07, 6.45) is 3.60. The quantitative estimate of drug-likeness (QED) is 0.756. The van der Waals surface area contributed by atoms with Gasteiger partial charge in [0, 0.05) is 36.2 Å². The van der Waals surface area contributed by atoms with Gasteiger partial charge in [-0.3, -0.25) is 14.3 Å². The first-order valence-corrected chi connectivity index (χ1v) is 7.41. The molecule has 0 aliphatic carbocycles. The lowest BCUT2D eigenvalue weighted by atomic mass is 10.2. The van der Waals surface area contributed by atoms with Gasteiger partial charge < -0.3 is 16.4 Å². The van der Waals surface area contributed by atoms with E-state index in [4.69, 9.17) is 5.73 Å². The number of nitrogens with zero attached hydrogens (tertiary/aromatic N) is 2. The van der Waals surface area contributed by atoms with E-state index in [1.807, 2.05) is 0 Å². The van der Waals surface area contributed by atoms with Crippen molar-refractivity contribution in [2.45, 2.75) is 32.4 Å². The van der Waals surface area contributed by atoms with E-state index in [1.54, 1.807) is 61.3 Å². The predicted molar refractivity (Wildman–Crippen MR) is 88.9 cm³/mol. The zero-order chi connectivity index (χ0) is 16.8. The number of aromatic nitrogens is 2. The van der Waals surface area contributed by atoms with Gasteiger partial charge in [0.15, 0.2) is 0 Å². The third-order valence-electron chi connectivity index (χ3n) is 3.22. The number of amides is 2. The van der Waals surface area contributed by atoms with Crippen LogP contribution in [-0.2, 0) is 9.59 Å². The molecule has 2 atom stereocenters. The molecule has 4 N–H and O–H groups in total. The van der Waals surface area contributed by atoms with Crippen LogP contribution in [0.4, 0.5) is 11.4 Å². The Labute approximate surface area is 134 Å². The topological polar surface area (TPSA) is 102 Å². The lowest BCUT2D eigenvalue weighted by Crippen LogP contribution is -2.25. The van der Waals surface area contributed by atoms with Gasteiger partial charge in [-0.2, -0.15) is 5.10 Å². The Morgan fingerprint density at radius 2 is 1.91 bits per heavy atom. The summed E-state index contributed by atoms with van der Waals surface area (Å²) < 4.78 is 1.57. The minimum atomic E-state index is -0.429. The Morgan fingerprint density at radius 1 is 1.22 bits per heavy atom. The standard InChI is InChI=1S/C16H21N5O2/c1-11(17)9-15(22)19-13-5-3-6-14(10-13)20-16(23)12(2)21-8-4-7-18-21/h3-8,10-12H,9,17H2,1-2H3,(H,19,22)(H,20,23). The molecular weight excluding hydrogens is 294 g/mol. The Balaban J connectivity index is 1.99. The van der Waals surface area contributed by atoms with Crippen LogP contribution in [0.5, 0.6) is 0 Å². The minimum Gasteiger partial charge on any atom is -0.327 e. The van der Waals surface area contributed by atoms with Crippen LogP contribution in [0.3, 0.4) is 0 Å². The molecule has 1 aromatic carbocycles. The van der Waals surface area contributed by atoms with E-state index in [0.29, 0.717) is 11.4 Å². The summed E-state index contributed by atoms with van der Waals surface area (Å²) in [7, 11) is 0. The number of hydrogen-bond acceptors (Lipinski definition) is 4. The largest absolute Gasteiger partial charge is 0.327 e. The average Bonchev–Trinajstić information content (AvgIpc) is 2.99. The molecule has 1 heterocycles. The zero-order valence-electron chi connectivity index (χ0n) is 13.2. The average molecular weight is 315 g/mol. The second kappa shape index (κ2) is 7.55. The van der Waals surface area contributed by atoms with Crippen molar-refractivity contribution in [1.29, 1.82) is 0 Å². The van der Waals surface area contributed by atoms with E-state index in [1.165, 1.54) is 0 Å². The fraction of sp³-hybridized carbons (Fsp3) is 0.312. The number of hydrogen-bond donors (Lipinski definition) is 3. The van der Waals surface area contributed by atoms with E-state index in [9.17, 15) is 9.59 Å². The molecule has 7 nitrogen and oxygen atoms in total. The lowest BCUT2D eigenvalue weighted by molar-refractivity contribution is -0.119. The van der Waals surface area contributed by atoms with Crippen molar-refractivity contribution >= 4 is 23.2 Å². The van der Waals surface area contributed by atoms with Gasteiger partial charge in [0.25, 0.3) is 0 Å². The van der Waals surface area contributed by atoms with Crippen LogP contribution < -0.4 is 16.4 Å². The first-order valence-electron chi connectivity index (χ1n) is 7.41. The van der Waals surface area contributed by atoms with Gasteiger partial charge in [-0.25, -0.2) is 0 Å². The summed E-state index contributed by atoms with van der Waals surface area (Å²) in [6, 6.07) is 8.11. The number of carbonyl (C=O) groups is 2. The monoisotopic (exact) mass is 315 g/mol. The van der Waals surface area contributed by atoms with Crippen molar-refractivity contribution in [3.63, 3.8) is 0 Å². The van der Waals surface area contributed by atoms with Crippen LogP contribution >= 0.6 is 0 Å². The summed E-state index contributed by atoms with van der Waals surface area (Å²) in [6.45, 7) is 3.53. The van der Waals surface area contributed by atoms with Gasteiger partial charge in [0.2, 0.25) is 11.8 Å². The molecule has 122 valence electrons. The minimum absolute atomic E-state index is 0.159. The third kappa shape index (κ3) is 4.93. The predicted octanol–water partition coefficient (Wildman–Crippen LogP) is 1.76. The molecule has 0 saturated heterocycles. The maximum Gasteiger partial charge on any atom is 0.248 e. The maximum atomic E-state index is 12.2. The molecule has 2 aromatic rings. The highest BCUT2D eigenvalue weighted by Crippen LogP contribution is 2.17. The normalized spacial score (nSPS) is 13.2. The van der Waals surface area contributed by atoms with Gasteiger partial charge in [-0.05, 0) is 38.1 Å². The van der Waals surface area contributed by atoms with Gasteiger partial charge in [-0.1, -0.05) is 6.07 Å². The van der Waals surface area contributed by atoms with Crippen LogP contribution in [0, 0.1) is 0 Å². The fourth-order valence-corrected chi connectivity index (χ4v) is 2.06. The van der Waals surface area contributed by atoms with E-state index in [2.05, 4.69) is 15.7 Å². The molecule has 2 unspecified atom stereocenters. The Hall–Kier alpha value is -2.67. The Kier molecular flexibility index (Phi) is 5.48. The number of nitrogens with one attached hydrogen (secondary N) is 2. The van der Waals surface area contributed by atoms with E-state index in [-0.39, 0.29) is 24.3 Å². The molecule has 0 fully saturated rings. The summed E-state index contributed by atoms with van der Waals surface area (Å²) >= 11 is 0. The second-order valence-corrected chi connectivity index (χ2v) is 5.46. The fourth-order valence-electron chi connectivity index (χ4n) is 2.06. The van der Waals surface area contributed by atoms with Crippen molar-refractivity contribution in [1.82, 2.24) is 9.78 Å². The highest BCUT2D eigenvalue weighted by atomic mass is 16.2. The summed E-state index contributed by atoms with van der Waals surface area (Å²) in [5, 5.41) is 9.61. The van der Waals surface area contributed by atoms with Crippen LogP contribution in [0.15, 0.2) is 42.7 Å². The molecule has 2 rings (SSSR count). The molecule has 23 heavy (non-hydrogen) atoms. The number of anilines is 2. The molecule has 2 amide bonds. The number of benzene rings is 1. The molecule has 0 saturated carbocycles. The van der Waals surface area contributed by atoms with E-state index in [0.717, 1.165) is 0 Å². The molecule has 0 aliphatic heterocycles. The number of carbonyl (C=O) groups excluding carboxylic acids is 2. The Bertz CT molecular complexity index is 667. The van der Waals surface area contributed by atoms with Crippen molar-refractivity contribution in [2.75, 3.05) is 10.6 Å². The maximum absolute atomic E-state index is 12.2. The van der Waals surface area contributed by atoms with Crippen molar-refractivity contribution < 1.29 is 9.59 Å². The SMILES string of the molecule is CC(N)CC(=O)Nc1cccc(NC(=O)C(C)n2cccn2)c1. The smallest absolute Gasteiger partial charge is 0.248 e.